The highest BCUT2D eigenvalue weighted by Gasteiger charge is 2.31. The van der Waals surface area contributed by atoms with Crippen LogP contribution in [0.25, 0.3) is 0 Å². The SMILES string of the molecule is COC1CCN(C(C)c2ccc(F)cn2)C(CN)C1. The summed E-state index contributed by atoms with van der Waals surface area (Å²) in [4.78, 5) is 6.52. The molecule has 0 aliphatic carbocycles. The average Bonchev–Trinajstić information content (AvgIpc) is 2.46. The number of ether oxygens (including phenoxy) is 1. The van der Waals surface area contributed by atoms with Gasteiger partial charge in [0, 0.05) is 32.3 Å². The molecule has 106 valence electrons. The van der Waals surface area contributed by atoms with Crippen molar-refractivity contribution < 1.29 is 9.13 Å². The molecule has 1 saturated heterocycles. The van der Waals surface area contributed by atoms with E-state index in [2.05, 4.69) is 16.8 Å². The Morgan fingerprint density at radius 3 is 2.95 bits per heavy atom. The van der Waals surface area contributed by atoms with Crippen molar-refractivity contribution in [2.45, 2.75) is 38.0 Å². The minimum absolute atomic E-state index is 0.145. The summed E-state index contributed by atoms with van der Waals surface area (Å²) in [6, 6.07) is 3.64. The minimum atomic E-state index is -0.301. The Morgan fingerprint density at radius 2 is 2.37 bits per heavy atom. The number of pyridine rings is 1. The van der Waals surface area contributed by atoms with E-state index in [1.54, 1.807) is 13.2 Å². The molecule has 0 aromatic carbocycles. The van der Waals surface area contributed by atoms with Gasteiger partial charge in [-0.15, -0.1) is 0 Å². The molecule has 1 aromatic rings. The lowest BCUT2D eigenvalue weighted by molar-refractivity contribution is -0.00232. The molecule has 2 heterocycles. The van der Waals surface area contributed by atoms with Crippen molar-refractivity contribution in [1.82, 2.24) is 9.88 Å². The van der Waals surface area contributed by atoms with Crippen LogP contribution in [0.5, 0.6) is 0 Å². The lowest BCUT2D eigenvalue weighted by Gasteiger charge is -2.41. The number of halogens is 1. The van der Waals surface area contributed by atoms with Crippen LogP contribution in [0, 0.1) is 5.82 Å². The molecule has 0 amide bonds. The molecule has 1 aliphatic heterocycles. The van der Waals surface area contributed by atoms with Gasteiger partial charge < -0.3 is 10.5 Å². The highest BCUT2D eigenvalue weighted by atomic mass is 19.1. The molecule has 19 heavy (non-hydrogen) atoms. The molecule has 0 spiro atoms. The highest BCUT2D eigenvalue weighted by molar-refractivity contribution is 5.10. The molecule has 0 bridgehead atoms. The normalized spacial score (nSPS) is 26.3. The largest absolute Gasteiger partial charge is 0.381 e. The van der Waals surface area contributed by atoms with Crippen LogP contribution in [0.1, 0.15) is 31.5 Å². The second-order valence-electron chi connectivity index (χ2n) is 5.09. The Bertz CT molecular complexity index is 398. The van der Waals surface area contributed by atoms with E-state index in [1.165, 1.54) is 12.3 Å². The summed E-state index contributed by atoms with van der Waals surface area (Å²) in [6.45, 7) is 3.63. The number of rotatable bonds is 4. The lowest BCUT2D eigenvalue weighted by Crippen LogP contribution is -2.49. The Kier molecular flexibility index (Phi) is 4.85. The second kappa shape index (κ2) is 6.41. The van der Waals surface area contributed by atoms with Crippen LogP contribution < -0.4 is 5.73 Å². The number of hydrogen-bond acceptors (Lipinski definition) is 4. The predicted molar refractivity (Wildman–Crippen MR) is 72.2 cm³/mol. The van der Waals surface area contributed by atoms with E-state index in [4.69, 9.17) is 10.5 Å². The van der Waals surface area contributed by atoms with E-state index >= 15 is 0 Å². The molecule has 2 N–H and O–H groups in total. The minimum Gasteiger partial charge on any atom is -0.381 e. The van der Waals surface area contributed by atoms with Crippen LogP contribution in [-0.2, 0) is 4.74 Å². The first-order chi connectivity index (χ1) is 9.15. The monoisotopic (exact) mass is 267 g/mol. The highest BCUT2D eigenvalue weighted by Crippen LogP contribution is 2.28. The van der Waals surface area contributed by atoms with Crippen molar-refractivity contribution in [2.75, 3.05) is 20.2 Å². The van der Waals surface area contributed by atoms with Crippen LogP contribution in [0.3, 0.4) is 0 Å². The van der Waals surface area contributed by atoms with Crippen LogP contribution in [0.15, 0.2) is 18.3 Å². The Morgan fingerprint density at radius 1 is 1.58 bits per heavy atom. The lowest BCUT2D eigenvalue weighted by atomic mass is 9.96. The first-order valence-corrected chi connectivity index (χ1v) is 6.75. The van der Waals surface area contributed by atoms with Gasteiger partial charge in [-0.25, -0.2) is 4.39 Å². The first kappa shape index (κ1) is 14.4. The van der Waals surface area contributed by atoms with Gasteiger partial charge in [0.05, 0.1) is 18.0 Å². The predicted octanol–water partition coefficient (Wildman–Crippen LogP) is 1.72. The number of hydrogen-bond donors (Lipinski definition) is 1. The van der Waals surface area contributed by atoms with E-state index in [-0.39, 0.29) is 18.0 Å². The van der Waals surface area contributed by atoms with Crippen molar-refractivity contribution >= 4 is 0 Å². The van der Waals surface area contributed by atoms with Crippen molar-refractivity contribution in [3.8, 4) is 0 Å². The van der Waals surface area contributed by atoms with Crippen molar-refractivity contribution in [3.63, 3.8) is 0 Å². The van der Waals surface area contributed by atoms with Crippen molar-refractivity contribution in [3.05, 3.63) is 29.8 Å². The molecule has 3 unspecified atom stereocenters. The fourth-order valence-electron chi connectivity index (χ4n) is 2.79. The van der Waals surface area contributed by atoms with E-state index in [0.29, 0.717) is 12.6 Å². The molecule has 3 atom stereocenters. The fraction of sp³-hybridized carbons (Fsp3) is 0.643. The summed E-state index contributed by atoms with van der Waals surface area (Å²) in [6.07, 6.45) is 3.50. The maximum Gasteiger partial charge on any atom is 0.141 e. The van der Waals surface area contributed by atoms with Crippen LogP contribution in [-0.4, -0.2) is 42.2 Å². The zero-order valence-electron chi connectivity index (χ0n) is 11.6. The zero-order valence-corrected chi connectivity index (χ0v) is 11.6. The Balaban J connectivity index is 2.09. The Labute approximate surface area is 113 Å². The number of piperidine rings is 1. The molecular formula is C14H22FN3O. The van der Waals surface area contributed by atoms with Gasteiger partial charge in [-0.2, -0.15) is 0 Å². The van der Waals surface area contributed by atoms with E-state index < -0.39 is 0 Å². The van der Waals surface area contributed by atoms with Gasteiger partial charge in [-0.3, -0.25) is 9.88 Å². The third-order valence-corrected chi connectivity index (χ3v) is 3.99. The molecule has 1 fully saturated rings. The number of likely N-dealkylation sites (tertiary alicyclic amines) is 1. The zero-order chi connectivity index (χ0) is 13.8. The van der Waals surface area contributed by atoms with Gasteiger partial charge in [0.2, 0.25) is 0 Å². The standard InChI is InChI=1S/C14H22FN3O/c1-10(14-4-3-11(15)9-17-14)18-6-5-13(19-2)7-12(18)8-16/h3-4,9-10,12-13H,5-8,16H2,1-2H3. The summed E-state index contributed by atoms with van der Waals surface area (Å²) >= 11 is 0. The molecule has 1 aliphatic rings. The number of nitrogens with two attached hydrogens (primary N) is 1. The van der Waals surface area contributed by atoms with E-state index in [1.807, 2.05) is 0 Å². The fourth-order valence-corrected chi connectivity index (χ4v) is 2.79. The van der Waals surface area contributed by atoms with Crippen LogP contribution in [0.4, 0.5) is 4.39 Å². The summed E-state index contributed by atoms with van der Waals surface area (Å²) in [7, 11) is 1.75. The quantitative estimate of drug-likeness (QED) is 0.902. The van der Waals surface area contributed by atoms with Gasteiger partial charge in [-0.1, -0.05) is 0 Å². The molecule has 4 nitrogen and oxygen atoms in total. The van der Waals surface area contributed by atoms with Crippen LogP contribution >= 0.6 is 0 Å². The maximum atomic E-state index is 12.9. The molecule has 1 aromatic heterocycles. The van der Waals surface area contributed by atoms with Crippen LogP contribution in [0.2, 0.25) is 0 Å². The van der Waals surface area contributed by atoms with Crippen molar-refractivity contribution in [2.24, 2.45) is 5.73 Å². The summed E-state index contributed by atoms with van der Waals surface area (Å²) in [5, 5.41) is 0. The van der Waals surface area contributed by atoms with E-state index in [9.17, 15) is 4.39 Å². The molecule has 0 radical (unpaired) electrons. The third kappa shape index (κ3) is 3.29. The van der Waals surface area contributed by atoms with Gasteiger partial charge in [-0.05, 0) is 31.9 Å². The first-order valence-electron chi connectivity index (χ1n) is 6.75. The average molecular weight is 267 g/mol. The van der Waals surface area contributed by atoms with Gasteiger partial charge in [0.1, 0.15) is 5.82 Å². The number of methoxy groups -OCH3 is 1. The van der Waals surface area contributed by atoms with Gasteiger partial charge in [0.15, 0.2) is 0 Å². The Hall–Kier alpha value is -1.04. The summed E-state index contributed by atoms with van der Waals surface area (Å²) in [5.74, 6) is -0.301. The third-order valence-electron chi connectivity index (χ3n) is 3.99. The molecule has 2 rings (SSSR count). The maximum absolute atomic E-state index is 12.9. The molecular weight excluding hydrogens is 245 g/mol. The van der Waals surface area contributed by atoms with Crippen molar-refractivity contribution in [1.29, 1.82) is 0 Å². The van der Waals surface area contributed by atoms with Gasteiger partial charge in [0.25, 0.3) is 0 Å². The topological polar surface area (TPSA) is 51.4 Å². The molecule has 0 saturated carbocycles. The van der Waals surface area contributed by atoms with Gasteiger partial charge >= 0.3 is 0 Å². The number of nitrogens with zero attached hydrogens (tertiary/aromatic N) is 2. The molecule has 5 heteroatoms. The summed E-state index contributed by atoms with van der Waals surface area (Å²) < 4.78 is 18.3. The number of aromatic nitrogens is 1. The smallest absolute Gasteiger partial charge is 0.141 e. The van der Waals surface area contributed by atoms with E-state index in [0.717, 1.165) is 25.1 Å². The summed E-state index contributed by atoms with van der Waals surface area (Å²) in [5.41, 5.74) is 6.76. The second-order valence-corrected chi connectivity index (χ2v) is 5.09.